The van der Waals surface area contributed by atoms with Crippen LogP contribution in [0.15, 0.2) is 54.7 Å². The fraction of sp³-hybridized carbons (Fsp3) is 0.111. The van der Waals surface area contributed by atoms with Crippen molar-refractivity contribution < 1.29 is 24.5 Å². The summed E-state index contributed by atoms with van der Waals surface area (Å²) in [5, 5.41) is 16.0. The maximum atomic E-state index is 9.10. The van der Waals surface area contributed by atoms with Crippen LogP contribution < -0.4 is 10.5 Å². The SMILES string of the molecule is NCCc1c[nH]c2ccc(Oc3ccccc3)cc12.O=C(O)C(=O)O. The Balaban J connectivity index is 0.000000326. The third-order valence-electron chi connectivity index (χ3n) is 3.31. The summed E-state index contributed by atoms with van der Waals surface area (Å²) in [5.41, 5.74) is 7.97. The molecule has 25 heavy (non-hydrogen) atoms. The van der Waals surface area contributed by atoms with Crippen LogP contribution in [0.25, 0.3) is 10.9 Å². The summed E-state index contributed by atoms with van der Waals surface area (Å²) >= 11 is 0. The highest BCUT2D eigenvalue weighted by molar-refractivity contribution is 6.27. The highest BCUT2D eigenvalue weighted by Gasteiger charge is 2.05. The second-order valence-corrected chi connectivity index (χ2v) is 5.09. The number of nitrogens with two attached hydrogens (primary N) is 1. The number of ether oxygens (including phenoxy) is 1. The molecular weight excluding hydrogens is 324 g/mol. The molecule has 7 nitrogen and oxygen atoms in total. The van der Waals surface area contributed by atoms with Crippen LogP contribution >= 0.6 is 0 Å². The molecule has 0 aliphatic heterocycles. The molecule has 2 aromatic carbocycles. The zero-order valence-electron chi connectivity index (χ0n) is 13.3. The van der Waals surface area contributed by atoms with Gasteiger partial charge in [0.15, 0.2) is 0 Å². The summed E-state index contributed by atoms with van der Waals surface area (Å²) < 4.78 is 5.84. The first kappa shape index (κ1) is 18.0. The Hall–Kier alpha value is -3.32. The normalized spacial score (nSPS) is 9.96. The number of rotatable bonds is 4. The van der Waals surface area contributed by atoms with Gasteiger partial charge in [-0.3, -0.25) is 0 Å². The predicted octanol–water partition coefficient (Wildman–Crippen LogP) is 2.62. The second-order valence-electron chi connectivity index (χ2n) is 5.09. The fourth-order valence-corrected chi connectivity index (χ4v) is 2.21. The summed E-state index contributed by atoms with van der Waals surface area (Å²) in [4.78, 5) is 21.5. The Morgan fingerprint density at radius 2 is 1.68 bits per heavy atom. The molecule has 0 atom stereocenters. The molecule has 0 amide bonds. The van der Waals surface area contributed by atoms with Gasteiger partial charge < -0.3 is 25.7 Å². The van der Waals surface area contributed by atoms with Crippen LogP contribution in [-0.2, 0) is 16.0 Å². The minimum absolute atomic E-state index is 0.650. The molecule has 0 saturated heterocycles. The van der Waals surface area contributed by atoms with E-state index in [2.05, 4.69) is 11.1 Å². The molecule has 0 saturated carbocycles. The van der Waals surface area contributed by atoms with E-state index in [-0.39, 0.29) is 0 Å². The summed E-state index contributed by atoms with van der Waals surface area (Å²) in [5.74, 6) is -1.96. The number of para-hydroxylation sites is 1. The van der Waals surface area contributed by atoms with Crippen molar-refractivity contribution in [2.75, 3.05) is 6.54 Å². The predicted molar refractivity (Wildman–Crippen MR) is 92.8 cm³/mol. The summed E-state index contributed by atoms with van der Waals surface area (Å²) in [6.07, 6.45) is 2.89. The standard InChI is InChI=1S/C16H16N2O.C2H2O4/c17-9-8-12-11-18-16-7-6-14(10-15(12)16)19-13-4-2-1-3-5-13;3-1(4)2(5)6/h1-7,10-11,18H,8-9,17H2;(H,3,4)(H,5,6). The van der Waals surface area contributed by atoms with Gasteiger partial charge in [-0.15, -0.1) is 0 Å². The monoisotopic (exact) mass is 342 g/mol. The number of benzene rings is 2. The highest BCUT2D eigenvalue weighted by Crippen LogP contribution is 2.27. The van der Waals surface area contributed by atoms with E-state index in [0.717, 1.165) is 23.4 Å². The third-order valence-corrected chi connectivity index (χ3v) is 3.31. The zero-order chi connectivity index (χ0) is 18.2. The molecule has 0 bridgehead atoms. The van der Waals surface area contributed by atoms with Crippen LogP contribution in [0.4, 0.5) is 0 Å². The van der Waals surface area contributed by atoms with Gasteiger partial charge in [-0.2, -0.15) is 0 Å². The summed E-state index contributed by atoms with van der Waals surface area (Å²) in [6, 6.07) is 15.9. The van der Waals surface area contributed by atoms with E-state index in [0.29, 0.717) is 6.54 Å². The number of aliphatic carboxylic acids is 2. The van der Waals surface area contributed by atoms with Crippen LogP contribution in [0.2, 0.25) is 0 Å². The number of carboxylic acid groups (broad SMARTS) is 2. The molecule has 0 spiro atoms. The lowest BCUT2D eigenvalue weighted by atomic mass is 10.1. The first-order valence-corrected chi connectivity index (χ1v) is 7.50. The van der Waals surface area contributed by atoms with Gasteiger partial charge in [0.25, 0.3) is 0 Å². The number of nitrogens with one attached hydrogen (secondary N) is 1. The number of carbonyl (C=O) groups is 2. The molecule has 0 aliphatic carbocycles. The number of hydrogen-bond acceptors (Lipinski definition) is 4. The van der Waals surface area contributed by atoms with Crippen LogP contribution in [0.3, 0.4) is 0 Å². The van der Waals surface area contributed by atoms with E-state index in [4.69, 9.17) is 30.3 Å². The van der Waals surface area contributed by atoms with E-state index < -0.39 is 11.9 Å². The Morgan fingerprint density at radius 3 is 2.28 bits per heavy atom. The van der Waals surface area contributed by atoms with Gasteiger partial charge in [-0.1, -0.05) is 18.2 Å². The topological polar surface area (TPSA) is 126 Å². The van der Waals surface area contributed by atoms with Crippen LogP contribution in [-0.4, -0.2) is 33.7 Å². The van der Waals surface area contributed by atoms with Crippen molar-refractivity contribution in [2.24, 2.45) is 5.73 Å². The maximum Gasteiger partial charge on any atom is 0.414 e. The van der Waals surface area contributed by atoms with Crippen molar-refractivity contribution in [3.8, 4) is 11.5 Å². The maximum absolute atomic E-state index is 9.10. The van der Waals surface area contributed by atoms with E-state index in [1.54, 1.807) is 0 Å². The summed E-state index contributed by atoms with van der Waals surface area (Å²) in [6.45, 7) is 0.650. The van der Waals surface area contributed by atoms with Crippen molar-refractivity contribution in [3.05, 3.63) is 60.3 Å². The van der Waals surface area contributed by atoms with E-state index in [1.165, 1.54) is 10.9 Å². The summed E-state index contributed by atoms with van der Waals surface area (Å²) in [7, 11) is 0. The van der Waals surface area contributed by atoms with Crippen molar-refractivity contribution in [1.29, 1.82) is 0 Å². The largest absolute Gasteiger partial charge is 0.473 e. The molecule has 130 valence electrons. The molecule has 7 heteroatoms. The third kappa shape index (κ3) is 5.08. The van der Waals surface area contributed by atoms with E-state index >= 15 is 0 Å². The molecule has 0 unspecified atom stereocenters. The van der Waals surface area contributed by atoms with Gasteiger partial charge in [0.05, 0.1) is 0 Å². The second kappa shape index (κ2) is 8.51. The Labute approximate surface area is 143 Å². The molecule has 0 radical (unpaired) electrons. The Kier molecular flexibility index (Phi) is 6.14. The zero-order valence-corrected chi connectivity index (χ0v) is 13.3. The van der Waals surface area contributed by atoms with Crippen LogP contribution in [0.5, 0.6) is 11.5 Å². The number of aromatic amines is 1. The Bertz CT molecular complexity index is 846. The Morgan fingerprint density at radius 1 is 1.00 bits per heavy atom. The van der Waals surface area contributed by atoms with Crippen LogP contribution in [0.1, 0.15) is 5.56 Å². The lowest BCUT2D eigenvalue weighted by Crippen LogP contribution is -2.09. The minimum atomic E-state index is -1.82. The van der Waals surface area contributed by atoms with Gasteiger partial charge in [0.2, 0.25) is 0 Å². The van der Waals surface area contributed by atoms with Gasteiger partial charge in [0, 0.05) is 17.1 Å². The molecule has 1 heterocycles. The highest BCUT2D eigenvalue weighted by atomic mass is 16.5. The van der Waals surface area contributed by atoms with Crippen LogP contribution in [0, 0.1) is 0 Å². The van der Waals surface area contributed by atoms with Crippen molar-refractivity contribution >= 4 is 22.8 Å². The molecule has 0 aliphatic rings. The number of fused-ring (bicyclic) bond motifs is 1. The molecule has 1 aromatic heterocycles. The smallest absolute Gasteiger partial charge is 0.414 e. The number of carboxylic acids is 2. The van der Waals surface area contributed by atoms with Gasteiger partial charge in [-0.25, -0.2) is 9.59 Å². The van der Waals surface area contributed by atoms with Crippen molar-refractivity contribution in [2.45, 2.75) is 6.42 Å². The molecular formula is C18H18N2O5. The average molecular weight is 342 g/mol. The molecule has 0 fully saturated rings. The lowest BCUT2D eigenvalue weighted by Gasteiger charge is -2.06. The van der Waals surface area contributed by atoms with Gasteiger partial charge in [-0.05, 0) is 48.9 Å². The average Bonchev–Trinajstić information content (AvgIpc) is 2.99. The fourth-order valence-electron chi connectivity index (χ4n) is 2.21. The number of H-pyrrole nitrogens is 1. The minimum Gasteiger partial charge on any atom is -0.473 e. The number of aromatic nitrogens is 1. The van der Waals surface area contributed by atoms with Gasteiger partial charge >= 0.3 is 11.9 Å². The quantitative estimate of drug-likeness (QED) is 0.540. The van der Waals surface area contributed by atoms with Crippen molar-refractivity contribution in [1.82, 2.24) is 4.98 Å². The lowest BCUT2D eigenvalue weighted by molar-refractivity contribution is -0.159. The molecule has 3 rings (SSSR count). The van der Waals surface area contributed by atoms with E-state index in [1.807, 2.05) is 48.7 Å². The van der Waals surface area contributed by atoms with E-state index in [9.17, 15) is 0 Å². The first-order chi connectivity index (χ1) is 12.0. The molecule has 3 aromatic rings. The molecule has 5 N–H and O–H groups in total. The number of hydrogen-bond donors (Lipinski definition) is 4. The van der Waals surface area contributed by atoms with Crippen molar-refractivity contribution in [3.63, 3.8) is 0 Å². The van der Waals surface area contributed by atoms with Gasteiger partial charge in [0.1, 0.15) is 11.5 Å². The first-order valence-electron chi connectivity index (χ1n) is 7.50.